The predicted molar refractivity (Wildman–Crippen MR) is 104 cm³/mol. The number of hydrogen-bond acceptors (Lipinski definition) is 4. The zero-order valence-electron chi connectivity index (χ0n) is 17.0. The number of alkyl halides is 3. The number of nitrogens with one attached hydrogen (secondary N) is 1. The second-order valence-corrected chi connectivity index (χ2v) is 6.29. The molecule has 0 atom stereocenters. The van der Waals surface area contributed by atoms with E-state index in [0.717, 1.165) is 10.4 Å². The summed E-state index contributed by atoms with van der Waals surface area (Å²) in [5.41, 5.74) is -0.886. The Morgan fingerprint density at radius 2 is 1.90 bits per heavy atom. The monoisotopic (exact) mass is 413 g/mol. The number of likely N-dealkylation sites (N-methyl/N-ethyl adjacent to an activating group) is 1. The zero-order valence-corrected chi connectivity index (χ0v) is 17.0. The molecule has 0 saturated carbocycles. The van der Waals surface area contributed by atoms with Crippen molar-refractivity contribution < 1.29 is 22.6 Å². The molecule has 2 aromatic rings. The largest absolute Gasteiger partial charge is 0.497 e. The lowest BCUT2D eigenvalue weighted by Crippen LogP contribution is -2.40. The van der Waals surface area contributed by atoms with E-state index in [0.29, 0.717) is 31.4 Å². The van der Waals surface area contributed by atoms with Crippen molar-refractivity contribution in [3.63, 3.8) is 0 Å². The van der Waals surface area contributed by atoms with E-state index in [2.05, 4.69) is 15.4 Å². The Balaban J connectivity index is 1.98. The smallest absolute Gasteiger partial charge is 0.435 e. The van der Waals surface area contributed by atoms with Crippen LogP contribution in [0.4, 0.5) is 13.2 Å². The van der Waals surface area contributed by atoms with Crippen molar-refractivity contribution in [1.29, 1.82) is 0 Å². The number of halogens is 3. The number of aryl methyl sites for hydroxylation is 1. The van der Waals surface area contributed by atoms with E-state index >= 15 is 0 Å². The van der Waals surface area contributed by atoms with Crippen molar-refractivity contribution in [2.45, 2.75) is 19.6 Å². The summed E-state index contributed by atoms with van der Waals surface area (Å²) in [6.07, 6.45) is -3.18. The van der Waals surface area contributed by atoms with Gasteiger partial charge in [-0.25, -0.2) is 4.99 Å². The van der Waals surface area contributed by atoms with Gasteiger partial charge in [0, 0.05) is 32.4 Å². The summed E-state index contributed by atoms with van der Waals surface area (Å²) in [5, 5.41) is 6.58. The number of benzene rings is 1. The molecule has 0 amide bonds. The maximum absolute atomic E-state index is 13.1. The number of aromatic nitrogens is 2. The molecular weight excluding hydrogens is 387 g/mol. The second-order valence-electron chi connectivity index (χ2n) is 6.29. The molecule has 0 radical (unpaired) electrons. The van der Waals surface area contributed by atoms with Gasteiger partial charge in [0.15, 0.2) is 11.7 Å². The average Bonchev–Trinajstić information content (AvgIpc) is 3.06. The van der Waals surface area contributed by atoms with E-state index < -0.39 is 11.9 Å². The Hall–Kier alpha value is -2.91. The van der Waals surface area contributed by atoms with E-state index in [4.69, 9.17) is 9.47 Å². The van der Waals surface area contributed by atoms with Crippen molar-refractivity contribution in [2.75, 3.05) is 33.9 Å². The highest BCUT2D eigenvalue weighted by molar-refractivity contribution is 5.79. The summed E-state index contributed by atoms with van der Waals surface area (Å²) in [4.78, 5) is 6.13. The molecule has 0 fully saturated rings. The van der Waals surface area contributed by atoms with Gasteiger partial charge in [-0.2, -0.15) is 18.3 Å². The molecule has 7 nitrogen and oxygen atoms in total. The molecule has 0 unspecified atom stereocenters. The molecule has 2 rings (SSSR count). The van der Waals surface area contributed by atoms with Crippen LogP contribution in [0.5, 0.6) is 11.5 Å². The van der Waals surface area contributed by atoms with Crippen LogP contribution >= 0.6 is 0 Å². The number of aliphatic imine (C=N–C) groups is 1. The molecule has 1 aromatic carbocycles. The molecule has 0 saturated heterocycles. The van der Waals surface area contributed by atoms with Crippen molar-refractivity contribution in [3.05, 3.63) is 41.7 Å². The van der Waals surface area contributed by atoms with Crippen LogP contribution in [0.25, 0.3) is 0 Å². The Bertz CT molecular complexity index is 803. The molecule has 0 bridgehead atoms. The van der Waals surface area contributed by atoms with Gasteiger partial charge in [-0.1, -0.05) is 0 Å². The van der Waals surface area contributed by atoms with Gasteiger partial charge in [0.05, 0.1) is 20.2 Å². The summed E-state index contributed by atoms with van der Waals surface area (Å²) in [7, 11) is 4.85. The molecule has 1 N–H and O–H groups in total. The van der Waals surface area contributed by atoms with Crippen molar-refractivity contribution in [2.24, 2.45) is 12.0 Å². The fourth-order valence-corrected chi connectivity index (χ4v) is 2.60. The molecule has 0 spiro atoms. The molecular formula is C19H26F3N5O2. The van der Waals surface area contributed by atoms with Crippen LogP contribution < -0.4 is 14.8 Å². The van der Waals surface area contributed by atoms with Gasteiger partial charge in [0.25, 0.3) is 0 Å². The molecule has 0 aliphatic carbocycles. The maximum Gasteiger partial charge on any atom is 0.435 e. The quantitative estimate of drug-likeness (QED) is 0.533. The minimum atomic E-state index is -4.51. The third-order valence-electron chi connectivity index (χ3n) is 4.02. The van der Waals surface area contributed by atoms with Crippen LogP contribution in [0.15, 0.2) is 35.5 Å². The van der Waals surface area contributed by atoms with Crippen molar-refractivity contribution in [1.82, 2.24) is 20.0 Å². The Kier molecular flexibility index (Phi) is 7.74. The van der Waals surface area contributed by atoms with Gasteiger partial charge in [-0.3, -0.25) is 4.68 Å². The maximum atomic E-state index is 13.1. The van der Waals surface area contributed by atoms with Gasteiger partial charge in [0.1, 0.15) is 18.1 Å². The Morgan fingerprint density at radius 3 is 2.48 bits per heavy atom. The van der Waals surface area contributed by atoms with E-state index in [1.165, 1.54) is 13.2 Å². The Morgan fingerprint density at radius 1 is 1.24 bits per heavy atom. The van der Waals surface area contributed by atoms with Gasteiger partial charge in [0.2, 0.25) is 0 Å². The standard InChI is InChI=1S/C19H26F3N5O2/c1-5-23-18(24-12-14-13-27(3)25-17(14)19(20,21)22)26(2)10-11-29-16-8-6-15(28-4)7-9-16/h6-9,13H,5,10-12H2,1-4H3,(H,23,24). The third-order valence-corrected chi connectivity index (χ3v) is 4.02. The van der Waals surface area contributed by atoms with E-state index in [1.807, 2.05) is 6.92 Å². The summed E-state index contributed by atoms with van der Waals surface area (Å²) in [5.74, 6) is 1.93. The predicted octanol–water partition coefficient (Wildman–Crippen LogP) is 2.92. The highest BCUT2D eigenvalue weighted by Crippen LogP contribution is 2.30. The van der Waals surface area contributed by atoms with Gasteiger partial charge in [-0.05, 0) is 31.2 Å². The highest BCUT2D eigenvalue weighted by atomic mass is 19.4. The molecule has 10 heteroatoms. The second kappa shape index (κ2) is 10.0. The number of nitrogens with zero attached hydrogens (tertiary/aromatic N) is 4. The summed E-state index contributed by atoms with van der Waals surface area (Å²) in [6, 6.07) is 7.21. The summed E-state index contributed by atoms with van der Waals surface area (Å²) >= 11 is 0. The lowest BCUT2D eigenvalue weighted by molar-refractivity contribution is -0.142. The van der Waals surface area contributed by atoms with Crippen LogP contribution in [0.2, 0.25) is 0 Å². The van der Waals surface area contributed by atoms with Crippen LogP contribution in [-0.4, -0.2) is 54.5 Å². The fourth-order valence-electron chi connectivity index (χ4n) is 2.60. The lowest BCUT2D eigenvalue weighted by atomic mass is 10.2. The minimum absolute atomic E-state index is 0.0262. The summed E-state index contributed by atoms with van der Waals surface area (Å²) < 4.78 is 51.2. The summed E-state index contributed by atoms with van der Waals surface area (Å²) in [6.45, 7) is 3.23. The fraction of sp³-hybridized carbons (Fsp3) is 0.474. The normalized spacial score (nSPS) is 12.0. The first-order chi connectivity index (χ1) is 13.7. The topological polar surface area (TPSA) is 63.9 Å². The van der Waals surface area contributed by atoms with Gasteiger partial charge >= 0.3 is 6.18 Å². The average molecular weight is 413 g/mol. The highest BCUT2D eigenvalue weighted by Gasteiger charge is 2.36. The molecule has 29 heavy (non-hydrogen) atoms. The van der Waals surface area contributed by atoms with Crippen molar-refractivity contribution >= 4 is 5.96 Å². The first-order valence-corrected chi connectivity index (χ1v) is 9.10. The first-order valence-electron chi connectivity index (χ1n) is 9.10. The minimum Gasteiger partial charge on any atom is -0.497 e. The van der Waals surface area contributed by atoms with Crippen molar-refractivity contribution in [3.8, 4) is 11.5 Å². The number of methoxy groups -OCH3 is 1. The number of hydrogen-bond donors (Lipinski definition) is 1. The van der Waals surface area contributed by atoms with Crippen LogP contribution in [0.3, 0.4) is 0 Å². The van der Waals surface area contributed by atoms with Crippen LogP contribution in [0, 0.1) is 0 Å². The third kappa shape index (κ3) is 6.58. The van der Waals surface area contributed by atoms with E-state index in [-0.39, 0.29) is 12.1 Å². The molecule has 0 aliphatic rings. The number of ether oxygens (including phenoxy) is 2. The lowest BCUT2D eigenvalue weighted by Gasteiger charge is -2.22. The molecule has 1 aromatic heterocycles. The number of guanidine groups is 1. The van der Waals surface area contributed by atoms with Gasteiger partial charge in [-0.15, -0.1) is 0 Å². The van der Waals surface area contributed by atoms with E-state index in [9.17, 15) is 13.2 Å². The van der Waals surface area contributed by atoms with Crippen LogP contribution in [0.1, 0.15) is 18.2 Å². The first kappa shape index (κ1) is 22.4. The van der Waals surface area contributed by atoms with Gasteiger partial charge < -0.3 is 19.7 Å². The molecule has 160 valence electrons. The molecule has 1 heterocycles. The van der Waals surface area contributed by atoms with Crippen LogP contribution in [-0.2, 0) is 19.8 Å². The zero-order chi connectivity index (χ0) is 21.4. The molecule has 0 aliphatic heterocycles. The Labute approximate surface area is 168 Å². The van der Waals surface area contributed by atoms with E-state index in [1.54, 1.807) is 43.3 Å². The SMILES string of the molecule is CCNC(=NCc1cn(C)nc1C(F)(F)F)N(C)CCOc1ccc(OC)cc1. The number of rotatable bonds is 8.